The van der Waals surface area contributed by atoms with Gasteiger partial charge < -0.3 is 10.1 Å². The van der Waals surface area contributed by atoms with Crippen molar-refractivity contribution in [3.8, 4) is 5.75 Å². The van der Waals surface area contributed by atoms with E-state index in [2.05, 4.69) is 10.3 Å². The Hall–Kier alpha value is -2.10. The van der Waals surface area contributed by atoms with Crippen molar-refractivity contribution in [2.24, 2.45) is 0 Å². The molecule has 134 valence electrons. The molecule has 0 radical (unpaired) electrons. The van der Waals surface area contributed by atoms with Crippen molar-refractivity contribution in [3.05, 3.63) is 42.6 Å². The molecule has 0 aliphatic heterocycles. The fourth-order valence-electron chi connectivity index (χ4n) is 1.92. The maximum Gasteiger partial charge on any atom is 0.246 e. The molecule has 9 heteroatoms. The highest BCUT2D eigenvalue weighted by Crippen LogP contribution is 2.29. The number of carbonyl (C=O) groups is 1. The summed E-state index contributed by atoms with van der Waals surface area (Å²) in [6, 6.07) is 9.95. The first-order valence-electron chi connectivity index (χ1n) is 7.29. The summed E-state index contributed by atoms with van der Waals surface area (Å²) in [6.45, 7) is 0. The second-order valence-electron chi connectivity index (χ2n) is 5.16. The van der Waals surface area contributed by atoms with E-state index in [9.17, 15) is 13.2 Å². The van der Waals surface area contributed by atoms with E-state index in [-0.39, 0.29) is 22.3 Å². The Kier molecular flexibility index (Phi) is 6.40. The predicted molar refractivity (Wildman–Crippen MR) is 97.5 cm³/mol. The summed E-state index contributed by atoms with van der Waals surface area (Å²) in [5.74, 6) is 0.127. The van der Waals surface area contributed by atoms with Gasteiger partial charge in [0.05, 0.1) is 17.9 Å². The van der Waals surface area contributed by atoms with Gasteiger partial charge in [0, 0.05) is 26.0 Å². The van der Waals surface area contributed by atoms with Gasteiger partial charge in [0.2, 0.25) is 15.9 Å². The minimum atomic E-state index is -3.69. The SMILES string of the molecule is COc1ccc(NC(=O)CSc2ccccn2)cc1S(=O)(=O)N(C)C. The lowest BCUT2D eigenvalue weighted by Crippen LogP contribution is -2.23. The Bertz CT molecular complexity index is 840. The molecule has 1 amide bonds. The van der Waals surface area contributed by atoms with Gasteiger partial charge >= 0.3 is 0 Å². The standard InChI is InChI=1S/C16H19N3O4S2/c1-19(2)25(21,22)14-10-12(7-8-13(14)23-3)18-15(20)11-24-16-6-4-5-9-17-16/h4-10H,11H2,1-3H3,(H,18,20). The second kappa shape index (κ2) is 8.32. The molecule has 0 unspecified atom stereocenters. The van der Waals surface area contributed by atoms with Gasteiger partial charge in [-0.2, -0.15) is 0 Å². The Balaban J connectivity index is 2.13. The summed E-state index contributed by atoms with van der Waals surface area (Å²) < 4.78 is 31.0. The van der Waals surface area contributed by atoms with Crippen LogP contribution in [-0.4, -0.2) is 50.6 Å². The summed E-state index contributed by atoms with van der Waals surface area (Å²) in [4.78, 5) is 16.2. The number of nitrogens with one attached hydrogen (secondary N) is 1. The fraction of sp³-hybridized carbons (Fsp3) is 0.250. The van der Waals surface area contributed by atoms with E-state index >= 15 is 0 Å². The van der Waals surface area contributed by atoms with Gasteiger partial charge in [-0.25, -0.2) is 17.7 Å². The van der Waals surface area contributed by atoms with Gasteiger partial charge in [-0.1, -0.05) is 17.8 Å². The van der Waals surface area contributed by atoms with Gasteiger partial charge in [0.1, 0.15) is 10.6 Å². The minimum Gasteiger partial charge on any atom is -0.495 e. The smallest absolute Gasteiger partial charge is 0.246 e. The van der Waals surface area contributed by atoms with Gasteiger partial charge in [-0.15, -0.1) is 0 Å². The van der Waals surface area contributed by atoms with Crippen molar-refractivity contribution in [1.82, 2.24) is 9.29 Å². The quantitative estimate of drug-likeness (QED) is 0.739. The van der Waals surface area contributed by atoms with E-state index < -0.39 is 10.0 Å². The molecule has 0 spiro atoms. The number of amides is 1. The molecule has 1 aromatic carbocycles. The summed E-state index contributed by atoms with van der Waals surface area (Å²) in [7, 11) is 0.571. The van der Waals surface area contributed by atoms with E-state index in [1.807, 2.05) is 12.1 Å². The minimum absolute atomic E-state index is 0.00446. The predicted octanol–water partition coefficient (Wildman–Crippen LogP) is 2.07. The number of ether oxygens (including phenoxy) is 1. The van der Waals surface area contributed by atoms with Crippen LogP contribution in [0.2, 0.25) is 0 Å². The van der Waals surface area contributed by atoms with Crippen LogP contribution in [0, 0.1) is 0 Å². The second-order valence-corrected chi connectivity index (χ2v) is 8.27. The van der Waals surface area contributed by atoms with Crippen molar-refractivity contribution in [1.29, 1.82) is 0 Å². The number of rotatable bonds is 7. The van der Waals surface area contributed by atoms with E-state index in [4.69, 9.17) is 4.74 Å². The largest absolute Gasteiger partial charge is 0.495 e. The number of anilines is 1. The van der Waals surface area contributed by atoms with E-state index in [1.165, 1.54) is 45.1 Å². The molecular weight excluding hydrogens is 362 g/mol. The van der Waals surface area contributed by atoms with Gasteiger partial charge in [-0.3, -0.25) is 4.79 Å². The highest BCUT2D eigenvalue weighted by atomic mass is 32.2. The van der Waals surface area contributed by atoms with Crippen LogP contribution in [0.3, 0.4) is 0 Å². The maximum absolute atomic E-state index is 12.4. The normalized spacial score (nSPS) is 11.4. The molecule has 0 saturated heterocycles. The van der Waals surface area contributed by atoms with Crippen molar-refractivity contribution >= 4 is 33.4 Å². The van der Waals surface area contributed by atoms with Gasteiger partial charge in [-0.05, 0) is 30.3 Å². The highest BCUT2D eigenvalue weighted by Gasteiger charge is 2.23. The van der Waals surface area contributed by atoms with Crippen molar-refractivity contribution in [2.45, 2.75) is 9.92 Å². The third-order valence-corrected chi connectivity index (χ3v) is 5.97. The van der Waals surface area contributed by atoms with Crippen molar-refractivity contribution < 1.29 is 17.9 Å². The van der Waals surface area contributed by atoms with Gasteiger partial charge in [0.15, 0.2) is 0 Å². The first kappa shape index (κ1) is 19.2. The lowest BCUT2D eigenvalue weighted by molar-refractivity contribution is -0.113. The Morgan fingerprint density at radius 1 is 1.28 bits per heavy atom. The lowest BCUT2D eigenvalue weighted by atomic mass is 10.3. The first-order chi connectivity index (χ1) is 11.8. The molecule has 2 rings (SSSR count). The number of carbonyl (C=O) groups excluding carboxylic acids is 1. The zero-order valence-corrected chi connectivity index (χ0v) is 15.7. The van der Waals surface area contributed by atoms with Crippen LogP contribution in [0.5, 0.6) is 5.75 Å². The van der Waals surface area contributed by atoms with Crippen LogP contribution < -0.4 is 10.1 Å². The van der Waals surface area contributed by atoms with E-state index in [1.54, 1.807) is 18.3 Å². The van der Waals surface area contributed by atoms with Gasteiger partial charge in [0.25, 0.3) is 0 Å². The van der Waals surface area contributed by atoms with Crippen molar-refractivity contribution in [3.63, 3.8) is 0 Å². The zero-order valence-electron chi connectivity index (χ0n) is 14.1. The number of hydrogen-bond acceptors (Lipinski definition) is 6. The molecule has 1 N–H and O–H groups in total. The highest BCUT2D eigenvalue weighted by molar-refractivity contribution is 7.99. The Labute approximate surface area is 151 Å². The van der Waals surface area contributed by atoms with E-state index in [0.29, 0.717) is 5.69 Å². The molecule has 0 saturated carbocycles. The number of pyridine rings is 1. The molecule has 0 atom stereocenters. The summed E-state index contributed by atoms with van der Waals surface area (Å²) in [5, 5.41) is 3.43. The molecular formula is C16H19N3O4S2. The fourth-order valence-corrected chi connectivity index (χ4v) is 3.66. The number of benzene rings is 1. The first-order valence-corrected chi connectivity index (χ1v) is 9.71. The molecule has 25 heavy (non-hydrogen) atoms. The van der Waals surface area contributed by atoms with Crippen molar-refractivity contribution in [2.75, 3.05) is 32.3 Å². The molecule has 0 aliphatic carbocycles. The van der Waals surface area contributed by atoms with Crippen LogP contribution in [-0.2, 0) is 14.8 Å². The number of aromatic nitrogens is 1. The summed E-state index contributed by atoms with van der Waals surface area (Å²) >= 11 is 1.30. The van der Waals surface area contributed by atoms with Crippen LogP contribution >= 0.6 is 11.8 Å². The number of sulfonamides is 1. The topological polar surface area (TPSA) is 88.6 Å². The molecule has 2 aromatic rings. The molecule has 0 fully saturated rings. The third kappa shape index (κ3) is 4.94. The molecule has 7 nitrogen and oxygen atoms in total. The number of nitrogens with zero attached hydrogens (tertiary/aromatic N) is 2. The van der Waals surface area contributed by atoms with Crippen LogP contribution in [0.15, 0.2) is 52.5 Å². The Morgan fingerprint density at radius 2 is 2.04 bits per heavy atom. The van der Waals surface area contributed by atoms with E-state index in [0.717, 1.165) is 9.33 Å². The monoisotopic (exact) mass is 381 g/mol. The molecule has 1 aromatic heterocycles. The number of hydrogen-bond donors (Lipinski definition) is 1. The molecule has 0 aliphatic rings. The summed E-state index contributed by atoms with van der Waals surface area (Å²) in [6.07, 6.45) is 1.65. The maximum atomic E-state index is 12.4. The average Bonchev–Trinajstić information content (AvgIpc) is 2.60. The zero-order chi connectivity index (χ0) is 18.4. The number of thioether (sulfide) groups is 1. The van der Waals surface area contributed by atoms with Crippen LogP contribution in [0.25, 0.3) is 0 Å². The molecule has 0 bridgehead atoms. The average molecular weight is 381 g/mol. The lowest BCUT2D eigenvalue weighted by Gasteiger charge is -2.16. The molecule has 1 heterocycles. The summed E-state index contributed by atoms with van der Waals surface area (Å²) in [5.41, 5.74) is 0.382. The van der Waals surface area contributed by atoms with Crippen LogP contribution in [0.4, 0.5) is 5.69 Å². The number of methoxy groups -OCH3 is 1. The third-order valence-electron chi connectivity index (χ3n) is 3.19. The van der Waals surface area contributed by atoms with Crippen LogP contribution in [0.1, 0.15) is 0 Å². The Morgan fingerprint density at radius 3 is 2.64 bits per heavy atom.